The zero-order valence-corrected chi connectivity index (χ0v) is 20.2. The molecule has 0 aromatic carbocycles. The van der Waals surface area contributed by atoms with Crippen LogP contribution >= 0.6 is 0 Å². The van der Waals surface area contributed by atoms with Gasteiger partial charge in [-0.15, -0.1) is 0 Å². The molecule has 0 aromatic heterocycles. The molecule has 0 spiro atoms. The number of hydrogen-bond acceptors (Lipinski definition) is 7. The van der Waals surface area contributed by atoms with E-state index in [0.29, 0.717) is 12.3 Å². The molecule has 0 bridgehead atoms. The first-order valence-corrected chi connectivity index (χ1v) is 12.2. The molecule has 7 nitrogen and oxygen atoms in total. The van der Waals surface area contributed by atoms with Crippen molar-refractivity contribution in [1.29, 1.82) is 0 Å². The Balaban J connectivity index is 1.90. The van der Waals surface area contributed by atoms with Crippen molar-refractivity contribution in [2.45, 2.75) is 103 Å². The van der Waals surface area contributed by atoms with Crippen LogP contribution < -0.4 is 0 Å². The second kappa shape index (κ2) is 9.98. The molecule has 3 rings (SSSR count). The standard InChI is InChI=1S/C25H44O7/c1-23(2)10-5-11-24(3)18(23)8-12-25(4,19(24)7-6-16(14-27)9-13-26)32-22-21(30)20(29)17(28)15-31-22/h9,17-22,26-30H,5-8,10-15H2,1-4H3/b16-9+/t17-,18-,19+,20-,21+,22-,24-,25+/m0/s1. The van der Waals surface area contributed by atoms with Gasteiger partial charge in [0.25, 0.3) is 0 Å². The molecular formula is C25H44O7. The van der Waals surface area contributed by atoms with Gasteiger partial charge in [-0.25, -0.2) is 0 Å². The van der Waals surface area contributed by atoms with Crippen molar-refractivity contribution in [2.24, 2.45) is 22.7 Å². The fraction of sp³-hybridized carbons (Fsp3) is 0.920. The van der Waals surface area contributed by atoms with Gasteiger partial charge in [-0.05, 0) is 73.7 Å². The SMILES string of the molecule is CC1(C)CCC[C@]2(C)[C@@H](CC/C(=C\CO)CO)[C@](C)(O[C@@H]3OC[C@H](O)[C@H](O)[C@H]3O)CC[C@@H]12. The van der Waals surface area contributed by atoms with E-state index in [0.717, 1.165) is 37.7 Å². The second-order valence-corrected chi connectivity index (χ2v) is 11.4. The van der Waals surface area contributed by atoms with Crippen molar-refractivity contribution < 1.29 is 35.0 Å². The summed E-state index contributed by atoms with van der Waals surface area (Å²) in [6, 6.07) is 0. The molecule has 32 heavy (non-hydrogen) atoms. The Morgan fingerprint density at radius 2 is 1.75 bits per heavy atom. The van der Waals surface area contributed by atoms with Crippen LogP contribution in [0, 0.1) is 22.7 Å². The highest BCUT2D eigenvalue weighted by Crippen LogP contribution is 2.64. The lowest BCUT2D eigenvalue weighted by molar-refractivity contribution is -0.323. The lowest BCUT2D eigenvalue weighted by Gasteiger charge is -2.63. The number of fused-ring (bicyclic) bond motifs is 1. The van der Waals surface area contributed by atoms with E-state index in [1.165, 1.54) is 6.42 Å². The summed E-state index contributed by atoms with van der Waals surface area (Å²) in [5.41, 5.74) is 0.482. The summed E-state index contributed by atoms with van der Waals surface area (Å²) in [5, 5.41) is 49.5. The first-order chi connectivity index (χ1) is 15.0. The highest BCUT2D eigenvalue weighted by Gasteiger charge is 2.59. The lowest BCUT2D eigenvalue weighted by Crippen LogP contribution is -2.62. The van der Waals surface area contributed by atoms with Crippen molar-refractivity contribution in [3.05, 3.63) is 11.6 Å². The maximum Gasteiger partial charge on any atom is 0.186 e. The maximum atomic E-state index is 10.5. The van der Waals surface area contributed by atoms with Crippen LogP contribution in [0.3, 0.4) is 0 Å². The van der Waals surface area contributed by atoms with Gasteiger partial charge in [-0.3, -0.25) is 0 Å². The lowest BCUT2D eigenvalue weighted by atomic mass is 9.45. The monoisotopic (exact) mass is 456 g/mol. The molecule has 7 heteroatoms. The first kappa shape index (κ1) is 26.1. The molecule has 0 unspecified atom stereocenters. The van der Waals surface area contributed by atoms with Crippen LogP contribution in [-0.4, -0.2) is 75.6 Å². The Bertz CT molecular complexity index is 665. The molecule has 3 fully saturated rings. The molecular weight excluding hydrogens is 412 g/mol. The molecule has 2 saturated carbocycles. The summed E-state index contributed by atoms with van der Waals surface area (Å²) in [4.78, 5) is 0. The predicted molar refractivity (Wildman–Crippen MR) is 121 cm³/mol. The van der Waals surface area contributed by atoms with Gasteiger partial charge in [0, 0.05) is 0 Å². The molecule has 1 heterocycles. The van der Waals surface area contributed by atoms with Gasteiger partial charge < -0.3 is 35.0 Å². The number of hydrogen-bond donors (Lipinski definition) is 5. The van der Waals surface area contributed by atoms with Crippen LogP contribution in [0.15, 0.2) is 11.6 Å². The van der Waals surface area contributed by atoms with Crippen LogP contribution in [0.4, 0.5) is 0 Å². The highest BCUT2D eigenvalue weighted by atomic mass is 16.7. The van der Waals surface area contributed by atoms with Gasteiger partial charge in [0.2, 0.25) is 0 Å². The number of rotatable bonds is 7. The molecule has 186 valence electrons. The van der Waals surface area contributed by atoms with Gasteiger partial charge in [0.15, 0.2) is 6.29 Å². The van der Waals surface area contributed by atoms with E-state index >= 15 is 0 Å². The molecule has 1 saturated heterocycles. The molecule has 0 aromatic rings. The Hall–Kier alpha value is -0.540. The smallest absolute Gasteiger partial charge is 0.186 e. The fourth-order valence-electron chi connectivity index (χ4n) is 7.24. The van der Waals surface area contributed by atoms with E-state index < -0.39 is 30.2 Å². The summed E-state index contributed by atoms with van der Waals surface area (Å²) in [7, 11) is 0. The Kier molecular flexibility index (Phi) is 8.13. The Labute approximate surface area is 192 Å². The van der Waals surface area contributed by atoms with Gasteiger partial charge in [-0.1, -0.05) is 33.3 Å². The van der Waals surface area contributed by atoms with E-state index in [9.17, 15) is 25.5 Å². The number of aliphatic hydroxyl groups excluding tert-OH is 5. The van der Waals surface area contributed by atoms with Crippen molar-refractivity contribution in [3.63, 3.8) is 0 Å². The van der Waals surface area contributed by atoms with Crippen molar-refractivity contribution >= 4 is 0 Å². The van der Waals surface area contributed by atoms with Gasteiger partial charge in [-0.2, -0.15) is 0 Å². The van der Waals surface area contributed by atoms with E-state index in [1.54, 1.807) is 6.08 Å². The van der Waals surface area contributed by atoms with Crippen LogP contribution in [0.25, 0.3) is 0 Å². The average Bonchev–Trinajstić information content (AvgIpc) is 2.72. The molecule has 0 amide bonds. The zero-order chi connectivity index (χ0) is 23.7. The van der Waals surface area contributed by atoms with E-state index in [4.69, 9.17) is 9.47 Å². The van der Waals surface area contributed by atoms with Gasteiger partial charge >= 0.3 is 0 Å². The second-order valence-electron chi connectivity index (χ2n) is 11.4. The van der Waals surface area contributed by atoms with Crippen molar-refractivity contribution in [2.75, 3.05) is 19.8 Å². The minimum absolute atomic E-state index is 0.0201. The Morgan fingerprint density at radius 1 is 1.03 bits per heavy atom. The summed E-state index contributed by atoms with van der Waals surface area (Å²) < 4.78 is 12.1. The minimum Gasteiger partial charge on any atom is -0.392 e. The largest absolute Gasteiger partial charge is 0.392 e. The predicted octanol–water partition coefficient (Wildman–Crippen LogP) is 2.13. The molecule has 2 aliphatic carbocycles. The minimum atomic E-state index is -1.31. The van der Waals surface area contributed by atoms with E-state index in [1.807, 2.05) is 0 Å². The normalized spacial score (nSPS) is 44.8. The summed E-state index contributed by atoms with van der Waals surface area (Å²) in [5.74, 6) is 0.677. The topological polar surface area (TPSA) is 120 Å². The van der Waals surface area contributed by atoms with Crippen LogP contribution in [0.1, 0.15) is 72.6 Å². The van der Waals surface area contributed by atoms with Crippen LogP contribution in [0.5, 0.6) is 0 Å². The van der Waals surface area contributed by atoms with Gasteiger partial charge in [0.1, 0.15) is 18.3 Å². The van der Waals surface area contributed by atoms with Crippen LogP contribution in [0.2, 0.25) is 0 Å². The summed E-state index contributed by atoms with van der Waals surface area (Å²) in [6.45, 7) is 8.94. The average molecular weight is 457 g/mol. The third kappa shape index (κ3) is 4.95. The molecule has 3 aliphatic rings. The van der Waals surface area contributed by atoms with E-state index in [2.05, 4.69) is 27.7 Å². The summed E-state index contributed by atoms with van der Waals surface area (Å²) in [6.07, 6.45) is 3.68. The van der Waals surface area contributed by atoms with Crippen molar-refractivity contribution in [3.8, 4) is 0 Å². The maximum absolute atomic E-state index is 10.5. The molecule has 0 radical (unpaired) electrons. The number of ether oxygens (including phenoxy) is 2. The van der Waals surface area contributed by atoms with Crippen molar-refractivity contribution in [1.82, 2.24) is 0 Å². The Morgan fingerprint density at radius 3 is 2.41 bits per heavy atom. The van der Waals surface area contributed by atoms with Crippen LogP contribution in [-0.2, 0) is 9.47 Å². The first-order valence-electron chi connectivity index (χ1n) is 12.2. The highest BCUT2D eigenvalue weighted by molar-refractivity contribution is 5.10. The fourth-order valence-corrected chi connectivity index (χ4v) is 7.24. The van der Waals surface area contributed by atoms with Gasteiger partial charge in [0.05, 0.1) is 25.4 Å². The third-order valence-corrected chi connectivity index (χ3v) is 8.92. The summed E-state index contributed by atoms with van der Waals surface area (Å²) >= 11 is 0. The van der Waals surface area contributed by atoms with E-state index in [-0.39, 0.29) is 36.6 Å². The zero-order valence-electron chi connectivity index (χ0n) is 20.2. The third-order valence-electron chi connectivity index (χ3n) is 8.92. The molecule has 5 N–H and O–H groups in total. The number of aliphatic hydroxyl groups is 5. The quantitative estimate of drug-likeness (QED) is 0.294. The molecule has 8 atom stereocenters. The molecule has 1 aliphatic heterocycles.